The molecular formula is C23H23Cl2N3O3S. The minimum absolute atomic E-state index is 0.264. The average molecular weight is 492 g/mol. The molecule has 1 atom stereocenters. The van der Waals surface area contributed by atoms with Crippen molar-refractivity contribution in [3.63, 3.8) is 0 Å². The first kappa shape index (κ1) is 24.0. The fraction of sp³-hybridized carbons (Fsp3) is 0.261. The highest BCUT2D eigenvalue weighted by Gasteiger charge is 2.34. The number of carbonyl (C=O) groups excluding carboxylic acids is 2. The molecule has 2 N–H and O–H groups in total. The summed E-state index contributed by atoms with van der Waals surface area (Å²) < 4.78 is 5.47. The van der Waals surface area contributed by atoms with Crippen molar-refractivity contribution in [3.05, 3.63) is 74.9 Å². The van der Waals surface area contributed by atoms with E-state index in [0.717, 1.165) is 5.56 Å². The van der Waals surface area contributed by atoms with Crippen LogP contribution in [0.4, 0.5) is 5.69 Å². The van der Waals surface area contributed by atoms with Crippen molar-refractivity contribution >= 4 is 58.1 Å². The maximum atomic E-state index is 12.9. The Hall–Kier alpha value is -2.61. The fourth-order valence-electron chi connectivity index (χ4n) is 3.26. The molecule has 168 valence electrons. The largest absolute Gasteiger partial charge is 0.459 e. The molecular weight excluding hydrogens is 469 g/mol. The van der Waals surface area contributed by atoms with Gasteiger partial charge in [-0.25, -0.2) is 4.79 Å². The van der Waals surface area contributed by atoms with Gasteiger partial charge < -0.3 is 20.3 Å². The number of thiocarbonyl (C=S) groups is 1. The van der Waals surface area contributed by atoms with E-state index >= 15 is 0 Å². The maximum absolute atomic E-state index is 12.9. The van der Waals surface area contributed by atoms with Crippen molar-refractivity contribution in [1.29, 1.82) is 0 Å². The van der Waals surface area contributed by atoms with Gasteiger partial charge in [0.1, 0.15) is 0 Å². The van der Waals surface area contributed by atoms with Crippen molar-refractivity contribution in [2.24, 2.45) is 0 Å². The molecule has 0 radical (unpaired) electrons. The Labute approximate surface area is 202 Å². The SMILES string of the molecule is CC1=C(C(=O)OC(C)C)C(c2cccc(NC(=O)c3ccc(Cl)c(Cl)c3)c2)NC(=S)N1C. The zero-order valence-electron chi connectivity index (χ0n) is 18.0. The predicted octanol–water partition coefficient (Wildman–Crippen LogP) is 5.33. The normalized spacial score (nSPS) is 16.2. The molecule has 0 aliphatic carbocycles. The number of hydrogen-bond donors (Lipinski definition) is 2. The summed E-state index contributed by atoms with van der Waals surface area (Å²) in [4.78, 5) is 27.3. The lowest BCUT2D eigenvalue weighted by atomic mass is 9.94. The van der Waals surface area contributed by atoms with E-state index in [1.54, 1.807) is 56.1 Å². The molecule has 3 rings (SSSR count). The van der Waals surface area contributed by atoms with E-state index in [2.05, 4.69) is 10.6 Å². The third-order valence-corrected chi connectivity index (χ3v) is 6.11. The van der Waals surface area contributed by atoms with Crippen LogP contribution in [-0.2, 0) is 9.53 Å². The van der Waals surface area contributed by atoms with Gasteiger partial charge in [0.15, 0.2) is 5.11 Å². The summed E-state index contributed by atoms with van der Waals surface area (Å²) in [5, 5.41) is 7.20. The minimum Gasteiger partial charge on any atom is -0.459 e. The first-order valence-electron chi connectivity index (χ1n) is 9.90. The van der Waals surface area contributed by atoms with Gasteiger partial charge in [0.25, 0.3) is 5.91 Å². The lowest BCUT2D eigenvalue weighted by molar-refractivity contribution is -0.143. The smallest absolute Gasteiger partial charge is 0.338 e. The van der Waals surface area contributed by atoms with Crippen LogP contribution in [-0.4, -0.2) is 35.0 Å². The fourth-order valence-corrected chi connectivity index (χ4v) is 3.82. The molecule has 6 nitrogen and oxygen atoms in total. The summed E-state index contributed by atoms with van der Waals surface area (Å²) in [5.41, 5.74) is 2.85. The van der Waals surface area contributed by atoms with Crippen LogP contribution in [0.5, 0.6) is 0 Å². The molecule has 0 aromatic heterocycles. The second-order valence-corrected chi connectivity index (χ2v) is 8.80. The Morgan fingerprint density at radius 1 is 1.16 bits per heavy atom. The molecule has 1 heterocycles. The highest BCUT2D eigenvalue weighted by molar-refractivity contribution is 7.80. The van der Waals surface area contributed by atoms with Crippen molar-refractivity contribution in [3.8, 4) is 0 Å². The first-order chi connectivity index (χ1) is 15.1. The maximum Gasteiger partial charge on any atom is 0.338 e. The number of hydrogen-bond acceptors (Lipinski definition) is 4. The monoisotopic (exact) mass is 491 g/mol. The van der Waals surface area contributed by atoms with Gasteiger partial charge in [0, 0.05) is 24.0 Å². The van der Waals surface area contributed by atoms with Crippen LogP contribution in [0.1, 0.15) is 42.7 Å². The molecule has 0 bridgehead atoms. The van der Waals surface area contributed by atoms with Crippen LogP contribution >= 0.6 is 35.4 Å². The third-order valence-electron chi connectivity index (χ3n) is 4.98. The van der Waals surface area contributed by atoms with Gasteiger partial charge in [0.2, 0.25) is 0 Å². The summed E-state index contributed by atoms with van der Waals surface area (Å²) in [6.45, 7) is 5.42. The number of allylic oxidation sites excluding steroid dienone is 1. The van der Waals surface area contributed by atoms with Crippen molar-refractivity contribution in [1.82, 2.24) is 10.2 Å². The van der Waals surface area contributed by atoms with Crippen LogP contribution in [0.25, 0.3) is 0 Å². The lowest BCUT2D eigenvalue weighted by Crippen LogP contribution is -2.46. The van der Waals surface area contributed by atoms with Crippen LogP contribution in [0.15, 0.2) is 53.7 Å². The number of nitrogens with one attached hydrogen (secondary N) is 2. The number of carbonyl (C=O) groups is 2. The Morgan fingerprint density at radius 2 is 1.88 bits per heavy atom. The Morgan fingerprint density at radius 3 is 2.53 bits per heavy atom. The number of nitrogens with zero attached hydrogens (tertiary/aromatic N) is 1. The summed E-state index contributed by atoms with van der Waals surface area (Å²) in [6.07, 6.45) is -0.264. The molecule has 32 heavy (non-hydrogen) atoms. The van der Waals surface area contributed by atoms with Crippen molar-refractivity contribution in [2.45, 2.75) is 32.9 Å². The first-order valence-corrected chi connectivity index (χ1v) is 11.1. The summed E-state index contributed by atoms with van der Waals surface area (Å²) >= 11 is 17.4. The van der Waals surface area contributed by atoms with Gasteiger partial charge in [0.05, 0.1) is 27.8 Å². The zero-order chi connectivity index (χ0) is 23.6. The van der Waals surface area contributed by atoms with E-state index in [-0.39, 0.29) is 12.0 Å². The number of halogens is 2. The standard InChI is InChI=1S/C23H23Cl2N3O3S/c1-12(2)31-22(30)19-13(3)28(4)23(32)27-20(19)14-6-5-7-16(10-14)26-21(29)15-8-9-17(24)18(25)11-15/h5-12,20H,1-4H3,(H,26,29)(H,27,32). The molecule has 0 spiro atoms. The highest BCUT2D eigenvalue weighted by Crippen LogP contribution is 2.32. The van der Waals surface area contributed by atoms with Crippen LogP contribution < -0.4 is 10.6 Å². The highest BCUT2D eigenvalue weighted by atomic mass is 35.5. The van der Waals surface area contributed by atoms with Gasteiger partial charge in [-0.1, -0.05) is 35.3 Å². The Balaban J connectivity index is 1.92. The second-order valence-electron chi connectivity index (χ2n) is 7.60. The topological polar surface area (TPSA) is 70.7 Å². The number of ether oxygens (including phenoxy) is 1. The average Bonchev–Trinajstić information content (AvgIpc) is 2.73. The Bertz CT molecular complexity index is 1120. The number of benzene rings is 2. The molecule has 1 unspecified atom stereocenters. The molecule has 9 heteroatoms. The quantitative estimate of drug-likeness (QED) is 0.434. The summed E-state index contributed by atoms with van der Waals surface area (Å²) in [6, 6.07) is 11.3. The summed E-state index contributed by atoms with van der Waals surface area (Å²) in [5.74, 6) is -0.756. The van der Waals surface area contributed by atoms with Crippen LogP contribution in [0.2, 0.25) is 10.0 Å². The van der Waals surface area contributed by atoms with Crippen molar-refractivity contribution < 1.29 is 14.3 Å². The molecule has 0 saturated carbocycles. The van der Waals surface area contributed by atoms with Gasteiger partial charge in [-0.3, -0.25) is 4.79 Å². The summed E-state index contributed by atoms with van der Waals surface area (Å²) in [7, 11) is 1.79. The molecule has 0 saturated heterocycles. The van der Waals surface area contributed by atoms with Crippen molar-refractivity contribution in [2.75, 3.05) is 12.4 Å². The molecule has 1 amide bonds. The minimum atomic E-state index is -0.522. The van der Waals surface area contributed by atoms with E-state index in [4.69, 9.17) is 40.2 Å². The lowest BCUT2D eigenvalue weighted by Gasteiger charge is -2.35. The molecule has 0 fully saturated rings. The van der Waals surface area contributed by atoms with E-state index < -0.39 is 12.0 Å². The van der Waals surface area contributed by atoms with Gasteiger partial charge in [-0.2, -0.15) is 0 Å². The van der Waals surface area contributed by atoms with Crippen LogP contribution in [0.3, 0.4) is 0 Å². The number of rotatable bonds is 5. The van der Waals surface area contributed by atoms with E-state index in [1.807, 2.05) is 13.0 Å². The van der Waals surface area contributed by atoms with E-state index in [9.17, 15) is 9.59 Å². The second kappa shape index (κ2) is 9.90. The molecule has 1 aliphatic rings. The zero-order valence-corrected chi connectivity index (χ0v) is 20.4. The van der Waals surface area contributed by atoms with Gasteiger partial charge in [-0.05, 0) is 68.9 Å². The van der Waals surface area contributed by atoms with E-state index in [1.165, 1.54) is 6.07 Å². The number of anilines is 1. The molecule has 2 aromatic carbocycles. The van der Waals surface area contributed by atoms with Gasteiger partial charge in [-0.15, -0.1) is 0 Å². The third kappa shape index (κ3) is 5.23. The predicted molar refractivity (Wildman–Crippen MR) is 131 cm³/mol. The molecule has 1 aliphatic heterocycles. The van der Waals surface area contributed by atoms with Gasteiger partial charge >= 0.3 is 5.97 Å². The Kier molecular flexibility index (Phi) is 7.44. The molecule has 2 aromatic rings. The number of amides is 1. The van der Waals surface area contributed by atoms with Crippen LogP contribution in [0, 0.1) is 0 Å². The number of esters is 1. The van der Waals surface area contributed by atoms with E-state index in [0.29, 0.717) is 37.7 Å².